The number of rotatable bonds is 4. The van der Waals surface area contributed by atoms with Crippen LogP contribution in [0.3, 0.4) is 0 Å². The summed E-state index contributed by atoms with van der Waals surface area (Å²) in [4.78, 5) is 0. The van der Waals surface area contributed by atoms with E-state index in [0.29, 0.717) is 0 Å². The summed E-state index contributed by atoms with van der Waals surface area (Å²) in [6, 6.07) is 51.9. The molecular formula is C30H24AsNP+. The van der Waals surface area contributed by atoms with Gasteiger partial charge in [0.05, 0.1) is 0 Å². The first-order valence-electron chi connectivity index (χ1n) is 11.2. The van der Waals surface area contributed by atoms with Crippen molar-refractivity contribution in [1.29, 1.82) is 0 Å². The van der Waals surface area contributed by atoms with Crippen LogP contribution < -0.4 is 29.9 Å². The second-order valence-electron chi connectivity index (χ2n) is 8.11. The van der Waals surface area contributed by atoms with E-state index < -0.39 is 20.0 Å². The quantitative estimate of drug-likeness (QED) is 0.273. The zero-order chi connectivity index (χ0) is 22.1. The molecule has 0 amide bonds. The zero-order valence-corrected chi connectivity index (χ0v) is 20.9. The Bertz CT molecular complexity index is 1240. The Morgan fingerprint density at radius 3 is 1.12 bits per heavy atom. The van der Waals surface area contributed by atoms with Crippen molar-refractivity contribution >= 4 is 56.0 Å². The van der Waals surface area contributed by atoms with Gasteiger partial charge in [-0.25, -0.2) is 0 Å². The number of hydrogen-bond donors (Lipinski definition) is 1. The maximum absolute atomic E-state index is 3.75. The van der Waals surface area contributed by atoms with Crippen LogP contribution in [-0.2, 0) is 0 Å². The maximum atomic E-state index is 3.75. The Labute approximate surface area is 200 Å². The molecule has 5 aromatic rings. The summed E-state index contributed by atoms with van der Waals surface area (Å²) in [5.74, 6) is -1.99. The third kappa shape index (κ3) is 3.36. The van der Waals surface area contributed by atoms with Gasteiger partial charge in [-0.15, -0.1) is 0 Å². The van der Waals surface area contributed by atoms with E-state index in [9.17, 15) is 0 Å². The molecule has 1 aliphatic heterocycles. The van der Waals surface area contributed by atoms with E-state index in [1.54, 1.807) is 0 Å². The molecule has 0 bridgehead atoms. The van der Waals surface area contributed by atoms with Crippen molar-refractivity contribution in [1.82, 2.24) is 0 Å². The standard InChI is InChI=1S/C30H24AsNP/c1-4-14-24(15-5-1)33(25-16-6-2-7-17-25,26-18-8-3-9-19-26)31-27-20-10-12-22-29(27)32-30-23-13-11-21-28(30)31/h1-23,32H/q+1. The van der Waals surface area contributed by atoms with Crippen LogP contribution in [0.4, 0.5) is 11.4 Å². The molecule has 0 radical (unpaired) electrons. The number of hydrogen-bond acceptors (Lipinski definition) is 1. The summed E-state index contributed by atoms with van der Waals surface area (Å²) < 4.78 is 3.02. The third-order valence-corrected chi connectivity index (χ3v) is 23.9. The molecule has 0 aliphatic carbocycles. The first-order chi connectivity index (χ1) is 16.4. The van der Waals surface area contributed by atoms with Crippen molar-refractivity contribution in [2.24, 2.45) is 0 Å². The van der Waals surface area contributed by atoms with Crippen LogP contribution in [0.1, 0.15) is 0 Å². The fraction of sp³-hybridized carbons (Fsp3) is 0. The molecule has 5 aromatic carbocycles. The molecule has 6 rings (SSSR count). The van der Waals surface area contributed by atoms with Crippen molar-refractivity contribution < 1.29 is 0 Å². The van der Waals surface area contributed by atoms with Crippen LogP contribution in [-0.4, -0.2) is 14.2 Å². The minimum absolute atomic E-state index is 1.27. The van der Waals surface area contributed by atoms with E-state index in [0.717, 1.165) is 0 Å². The Morgan fingerprint density at radius 2 is 0.727 bits per heavy atom. The number of para-hydroxylation sites is 2. The summed E-state index contributed by atoms with van der Waals surface area (Å²) in [5, 5.41) is 8.15. The van der Waals surface area contributed by atoms with Gasteiger partial charge in [-0.05, 0) is 0 Å². The van der Waals surface area contributed by atoms with Gasteiger partial charge in [0.25, 0.3) is 0 Å². The average molecular weight is 504 g/mol. The second kappa shape index (κ2) is 8.68. The van der Waals surface area contributed by atoms with Crippen LogP contribution in [0.2, 0.25) is 0 Å². The topological polar surface area (TPSA) is 12.0 Å². The fourth-order valence-electron chi connectivity index (χ4n) is 4.85. The summed E-state index contributed by atoms with van der Waals surface area (Å²) in [6.07, 6.45) is 0. The molecule has 1 heterocycles. The van der Waals surface area contributed by atoms with Gasteiger partial charge in [-0.1, -0.05) is 0 Å². The molecule has 3 heteroatoms. The van der Waals surface area contributed by atoms with E-state index in [1.807, 2.05) is 0 Å². The molecule has 0 aromatic heterocycles. The molecule has 0 saturated heterocycles. The molecule has 1 nitrogen and oxygen atoms in total. The van der Waals surface area contributed by atoms with Crippen LogP contribution in [0.25, 0.3) is 0 Å². The fourth-order valence-corrected chi connectivity index (χ4v) is 24.7. The zero-order valence-electron chi connectivity index (χ0n) is 18.2. The van der Waals surface area contributed by atoms with Crippen LogP contribution in [0, 0.1) is 0 Å². The van der Waals surface area contributed by atoms with Gasteiger partial charge >= 0.3 is 201 Å². The Kier molecular flexibility index (Phi) is 5.39. The summed E-state index contributed by atoms with van der Waals surface area (Å²) >= 11 is -1.90. The van der Waals surface area contributed by atoms with Crippen molar-refractivity contribution in [3.05, 3.63) is 140 Å². The van der Waals surface area contributed by atoms with Gasteiger partial charge in [0.15, 0.2) is 0 Å². The molecule has 0 saturated carbocycles. The van der Waals surface area contributed by atoms with E-state index in [1.165, 1.54) is 36.0 Å². The predicted molar refractivity (Wildman–Crippen MR) is 146 cm³/mol. The van der Waals surface area contributed by atoms with Gasteiger partial charge in [0.2, 0.25) is 0 Å². The normalized spacial score (nSPS) is 13.0. The predicted octanol–water partition coefficient (Wildman–Crippen LogP) is 4.84. The summed E-state index contributed by atoms with van der Waals surface area (Å²) in [6.45, 7) is 0. The van der Waals surface area contributed by atoms with Gasteiger partial charge in [0, 0.05) is 0 Å². The van der Waals surface area contributed by atoms with Gasteiger partial charge in [-0.3, -0.25) is 0 Å². The Hall–Kier alpha value is -3.11. The third-order valence-electron chi connectivity index (χ3n) is 6.22. The van der Waals surface area contributed by atoms with E-state index in [-0.39, 0.29) is 0 Å². The molecular weight excluding hydrogens is 480 g/mol. The van der Waals surface area contributed by atoms with Gasteiger partial charge in [0.1, 0.15) is 0 Å². The van der Waals surface area contributed by atoms with Crippen LogP contribution >= 0.6 is 5.82 Å². The van der Waals surface area contributed by atoms with E-state index >= 15 is 0 Å². The Morgan fingerprint density at radius 1 is 0.394 bits per heavy atom. The van der Waals surface area contributed by atoms with Crippen molar-refractivity contribution in [3.63, 3.8) is 0 Å². The molecule has 0 unspecified atom stereocenters. The number of benzene rings is 5. The first-order valence-corrected chi connectivity index (χ1v) is 17.3. The monoisotopic (exact) mass is 504 g/mol. The molecule has 0 atom stereocenters. The summed E-state index contributed by atoms with van der Waals surface area (Å²) in [5.41, 5.74) is 2.53. The van der Waals surface area contributed by atoms with Crippen LogP contribution in [0.15, 0.2) is 140 Å². The molecule has 33 heavy (non-hydrogen) atoms. The van der Waals surface area contributed by atoms with Crippen molar-refractivity contribution in [2.75, 3.05) is 5.32 Å². The first kappa shape index (κ1) is 20.5. The SMILES string of the molecule is c1ccc([P+](c2ccccc2)(c2ccccc2)[As]2c3ccccc3Nc3ccccc32)cc1. The molecule has 0 fully saturated rings. The second-order valence-corrected chi connectivity index (χ2v) is 20.1. The molecule has 1 aliphatic rings. The number of anilines is 2. The van der Waals surface area contributed by atoms with Crippen molar-refractivity contribution in [3.8, 4) is 0 Å². The van der Waals surface area contributed by atoms with Crippen molar-refractivity contribution in [2.45, 2.75) is 0 Å². The summed E-state index contributed by atoms with van der Waals surface area (Å²) in [7, 11) is 0. The average Bonchev–Trinajstić information content (AvgIpc) is 2.90. The van der Waals surface area contributed by atoms with Gasteiger partial charge in [-0.2, -0.15) is 0 Å². The van der Waals surface area contributed by atoms with Gasteiger partial charge < -0.3 is 0 Å². The molecule has 158 valence electrons. The number of fused-ring (bicyclic) bond motifs is 2. The van der Waals surface area contributed by atoms with E-state index in [4.69, 9.17) is 0 Å². The minimum atomic E-state index is -1.99. The molecule has 1 N–H and O–H groups in total. The molecule has 0 spiro atoms. The number of nitrogens with one attached hydrogen (secondary N) is 1. The Balaban J connectivity index is 1.79. The van der Waals surface area contributed by atoms with E-state index in [2.05, 4.69) is 145 Å². The van der Waals surface area contributed by atoms with Crippen LogP contribution in [0.5, 0.6) is 0 Å².